The largest absolute Gasteiger partial charge is 0.358 e. The van der Waals surface area contributed by atoms with Crippen molar-refractivity contribution in [3.8, 4) is 0 Å². The fraction of sp³-hybridized carbons (Fsp3) is 0.125. The van der Waals surface area contributed by atoms with E-state index in [0.717, 1.165) is 28.2 Å². The van der Waals surface area contributed by atoms with E-state index in [4.69, 9.17) is 11.6 Å². The molecule has 1 heterocycles. The molecular formula is C24H24ClN5O5S2. The highest BCUT2D eigenvalue weighted by molar-refractivity contribution is 7.92. The van der Waals surface area contributed by atoms with Gasteiger partial charge in [0.05, 0.1) is 16.8 Å². The minimum atomic E-state index is -4.18. The van der Waals surface area contributed by atoms with Crippen molar-refractivity contribution in [1.82, 2.24) is 4.98 Å². The highest BCUT2D eigenvalue weighted by Crippen LogP contribution is 2.29. The number of rotatable bonds is 7. The van der Waals surface area contributed by atoms with Gasteiger partial charge in [-0.2, -0.15) is 5.10 Å². The van der Waals surface area contributed by atoms with Crippen LogP contribution >= 0.6 is 11.6 Å². The molecule has 0 bridgehead atoms. The van der Waals surface area contributed by atoms with E-state index >= 15 is 0 Å². The van der Waals surface area contributed by atoms with E-state index in [1.165, 1.54) is 36.4 Å². The summed E-state index contributed by atoms with van der Waals surface area (Å²) in [4.78, 5) is 13.5. The third-order valence-corrected chi connectivity index (χ3v) is 6.56. The molecule has 0 unspecified atom stereocenters. The van der Waals surface area contributed by atoms with Gasteiger partial charge in [0.1, 0.15) is 4.90 Å². The Labute approximate surface area is 221 Å². The molecule has 0 aliphatic rings. The molecule has 0 saturated carbocycles. The maximum absolute atomic E-state index is 13.0. The Kier molecular flexibility index (Phi) is 9.03. The molecule has 0 fully saturated rings. The number of para-hydroxylation sites is 1. The summed E-state index contributed by atoms with van der Waals surface area (Å²) in [6.45, 7) is 1.90. The molecule has 3 aromatic carbocycles. The summed E-state index contributed by atoms with van der Waals surface area (Å²) in [7, 11) is -4.79. The number of fused-ring (bicyclic) bond motifs is 1. The predicted molar refractivity (Wildman–Crippen MR) is 150 cm³/mol. The van der Waals surface area contributed by atoms with Crippen LogP contribution in [0.5, 0.6) is 0 Å². The number of halogens is 1. The number of non-ortho nitro benzene ring substituents is 1. The zero-order valence-corrected chi connectivity index (χ0v) is 22.4. The molecular weight excluding hydrogens is 538 g/mol. The number of nitro groups is 1. The topological polar surface area (TPSA) is 147 Å². The van der Waals surface area contributed by atoms with Crippen LogP contribution in [0.25, 0.3) is 10.9 Å². The third-order valence-electron chi connectivity index (χ3n) is 4.88. The van der Waals surface area contributed by atoms with Crippen molar-refractivity contribution in [1.29, 1.82) is 0 Å². The number of nitro benzene ring substituents is 1. The van der Waals surface area contributed by atoms with E-state index in [9.17, 15) is 22.7 Å². The second-order valence-electron chi connectivity index (χ2n) is 7.87. The predicted octanol–water partition coefficient (Wildman–Crippen LogP) is 5.28. The molecule has 0 spiro atoms. The van der Waals surface area contributed by atoms with Crippen LogP contribution in [0.1, 0.15) is 11.3 Å². The van der Waals surface area contributed by atoms with E-state index in [1.807, 2.05) is 31.2 Å². The second kappa shape index (κ2) is 12.0. The summed E-state index contributed by atoms with van der Waals surface area (Å²) in [6, 6.07) is 17.2. The summed E-state index contributed by atoms with van der Waals surface area (Å²) in [5, 5.41) is 16.8. The normalized spacial score (nSPS) is 11.4. The summed E-state index contributed by atoms with van der Waals surface area (Å²) >= 11 is 5.85. The molecule has 3 N–H and O–H groups in total. The average molecular weight is 562 g/mol. The lowest BCUT2D eigenvalue weighted by Gasteiger charge is -2.12. The van der Waals surface area contributed by atoms with Crippen molar-refractivity contribution in [2.24, 2.45) is 5.10 Å². The van der Waals surface area contributed by atoms with Crippen LogP contribution in [0.4, 0.5) is 17.1 Å². The quantitative estimate of drug-likeness (QED) is 0.159. The molecule has 0 aliphatic heterocycles. The molecule has 4 aromatic rings. The number of benzene rings is 3. The lowest BCUT2D eigenvalue weighted by atomic mass is 10.1. The summed E-state index contributed by atoms with van der Waals surface area (Å²) in [6.07, 6.45) is 4.85. The first-order chi connectivity index (χ1) is 17.5. The Bertz CT molecular complexity index is 1580. The van der Waals surface area contributed by atoms with Crippen LogP contribution in [-0.4, -0.2) is 41.3 Å². The lowest BCUT2D eigenvalue weighted by molar-refractivity contribution is -0.385. The number of aryl methyl sites for hydroxylation is 1. The van der Waals surface area contributed by atoms with Gasteiger partial charge in [-0.05, 0) is 43.3 Å². The first-order valence-electron chi connectivity index (χ1n) is 10.7. The van der Waals surface area contributed by atoms with Crippen LogP contribution in [0.3, 0.4) is 0 Å². The number of hydrogen-bond donors (Lipinski definition) is 3. The van der Waals surface area contributed by atoms with Crippen molar-refractivity contribution < 1.29 is 17.6 Å². The van der Waals surface area contributed by atoms with Crippen molar-refractivity contribution in [3.63, 3.8) is 0 Å². The van der Waals surface area contributed by atoms with E-state index in [0.29, 0.717) is 5.02 Å². The number of aromatic amines is 1. The van der Waals surface area contributed by atoms with E-state index in [2.05, 4.69) is 20.2 Å². The van der Waals surface area contributed by atoms with Crippen molar-refractivity contribution in [3.05, 3.63) is 93.1 Å². The molecule has 4 rings (SSSR count). The van der Waals surface area contributed by atoms with Gasteiger partial charge in [-0.25, -0.2) is 8.42 Å². The van der Waals surface area contributed by atoms with Crippen molar-refractivity contribution in [2.75, 3.05) is 22.7 Å². The number of nitrogens with zero attached hydrogens (tertiary/aromatic N) is 2. The molecule has 1 aromatic heterocycles. The van der Waals surface area contributed by atoms with Crippen LogP contribution in [-0.2, 0) is 20.8 Å². The average Bonchev–Trinajstić information content (AvgIpc) is 3.15. The summed E-state index contributed by atoms with van der Waals surface area (Å²) < 4.78 is 38.0. The third kappa shape index (κ3) is 7.38. The number of aromatic nitrogens is 1. The van der Waals surface area contributed by atoms with Crippen LogP contribution in [0, 0.1) is 17.0 Å². The Hall–Kier alpha value is -3.74. The smallest absolute Gasteiger partial charge is 0.270 e. The highest BCUT2D eigenvalue weighted by Gasteiger charge is 2.23. The van der Waals surface area contributed by atoms with Crippen molar-refractivity contribution in [2.45, 2.75) is 11.8 Å². The minimum Gasteiger partial charge on any atom is -0.358 e. The van der Waals surface area contributed by atoms with Gasteiger partial charge in [0, 0.05) is 68.3 Å². The zero-order valence-electron chi connectivity index (χ0n) is 20.1. The first-order valence-corrected chi connectivity index (χ1v) is 14.5. The van der Waals surface area contributed by atoms with Crippen molar-refractivity contribution >= 4 is 66.6 Å². The van der Waals surface area contributed by atoms with Crippen LogP contribution in [0.15, 0.2) is 76.7 Å². The number of nitrogens with one attached hydrogen (secondary N) is 3. The van der Waals surface area contributed by atoms with E-state index in [1.54, 1.807) is 18.7 Å². The molecule has 13 heteroatoms. The Balaban J connectivity index is 0.000000886. The van der Waals surface area contributed by atoms with Gasteiger partial charge in [-0.1, -0.05) is 29.8 Å². The standard InChI is InChI=1S/C22H18ClN5O4S.C2H6OS/c1-14-19(18-4-2-3-5-20(18)25-14)13-24-26-21-11-10-17(28(29)30)12-22(21)33(31,32)27-16-8-6-15(23)7-9-16;1-4(2)3/h2-13,25-27H,1H3;1-2H3/b24-13+;. The Morgan fingerprint density at radius 3 is 2.38 bits per heavy atom. The van der Waals surface area contributed by atoms with Gasteiger partial charge in [0.2, 0.25) is 0 Å². The molecule has 37 heavy (non-hydrogen) atoms. The van der Waals surface area contributed by atoms with Crippen LogP contribution < -0.4 is 10.1 Å². The van der Waals surface area contributed by atoms with Gasteiger partial charge >= 0.3 is 0 Å². The molecule has 0 saturated heterocycles. The van der Waals surface area contributed by atoms with Gasteiger partial charge < -0.3 is 4.98 Å². The summed E-state index contributed by atoms with van der Waals surface area (Å²) in [5.41, 5.74) is 5.35. The maximum Gasteiger partial charge on any atom is 0.270 e. The highest BCUT2D eigenvalue weighted by atomic mass is 35.5. The molecule has 194 valence electrons. The molecule has 0 radical (unpaired) electrons. The van der Waals surface area contributed by atoms with E-state index in [-0.39, 0.29) is 22.0 Å². The second-order valence-corrected chi connectivity index (χ2v) is 11.4. The molecule has 0 atom stereocenters. The fourth-order valence-corrected chi connectivity index (χ4v) is 4.66. The molecule has 0 amide bonds. The Morgan fingerprint density at radius 2 is 1.73 bits per heavy atom. The first kappa shape index (κ1) is 27.8. The SMILES string of the molecule is CS(C)=O.Cc1[nH]c2ccccc2c1/C=N/Nc1ccc([N+](=O)[O-])cc1S(=O)(=O)Nc1ccc(Cl)cc1. The van der Waals surface area contributed by atoms with Gasteiger partial charge in [0.15, 0.2) is 0 Å². The molecule has 0 aliphatic carbocycles. The zero-order chi connectivity index (χ0) is 27.2. The number of hydrogen-bond acceptors (Lipinski definition) is 7. The number of anilines is 2. The minimum absolute atomic E-state index is 0.0795. The lowest BCUT2D eigenvalue weighted by Crippen LogP contribution is -2.15. The number of H-pyrrole nitrogens is 1. The van der Waals surface area contributed by atoms with Gasteiger partial charge in [0.25, 0.3) is 15.7 Å². The Morgan fingerprint density at radius 1 is 1.08 bits per heavy atom. The fourth-order valence-electron chi connectivity index (χ4n) is 3.30. The monoisotopic (exact) mass is 561 g/mol. The van der Waals surface area contributed by atoms with Gasteiger partial charge in [-0.15, -0.1) is 0 Å². The molecule has 10 nitrogen and oxygen atoms in total. The van der Waals surface area contributed by atoms with E-state index < -0.39 is 25.7 Å². The number of hydrazone groups is 1. The van der Waals surface area contributed by atoms with Gasteiger partial charge in [-0.3, -0.25) is 24.5 Å². The summed E-state index contributed by atoms with van der Waals surface area (Å²) in [5.74, 6) is 0. The maximum atomic E-state index is 13.0. The van der Waals surface area contributed by atoms with Crippen LogP contribution in [0.2, 0.25) is 5.02 Å². The number of sulfonamides is 1.